The number of benzene rings is 1. The summed E-state index contributed by atoms with van der Waals surface area (Å²) in [5.41, 5.74) is 5.85. The third kappa shape index (κ3) is 4.90. The number of pyridine rings is 1. The van der Waals surface area contributed by atoms with Crippen LogP contribution in [0.1, 0.15) is 53.6 Å². The van der Waals surface area contributed by atoms with Crippen molar-refractivity contribution in [2.45, 2.75) is 57.4 Å². The number of nitrogens with zero attached hydrogens (tertiary/aromatic N) is 2. The Morgan fingerprint density at radius 3 is 2.59 bits per heavy atom. The van der Waals surface area contributed by atoms with Crippen LogP contribution in [0.15, 0.2) is 29.3 Å². The first-order chi connectivity index (χ1) is 13.1. The maximum atomic E-state index is 12.4. The van der Waals surface area contributed by atoms with Crippen molar-refractivity contribution in [1.82, 2.24) is 4.98 Å². The van der Waals surface area contributed by atoms with Gasteiger partial charge in [-0.25, -0.2) is 4.98 Å². The van der Waals surface area contributed by atoms with Gasteiger partial charge in [-0.2, -0.15) is 5.26 Å². The van der Waals surface area contributed by atoms with Crippen molar-refractivity contribution in [3.05, 3.63) is 52.2 Å². The van der Waals surface area contributed by atoms with Crippen LogP contribution in [0.3, 0.4) is 0 Å². The highest BCUT2D eigenvalue weighted by Gasteiger charge is 2.15. The van der Waals surface area contributed by atoms with E-state index < -0.39 is 0 Å². The number of fused-ring (bicyclic) bond motifs is 1. The van der Waals surface area contributed by atoms with Gasteiger partial charge in [-0.1, -0.05) is 42.8 Å². The second-order valence-electron chi connectivity index (χ2n) is 7.08. The molecule has 1 aliphatic rings. The monoisotopic (exact) mass is 379 g/mol. The molecule has 1 heterocycles. The lowest BCUT2D eigenvalue weighted by molar-refractivity contribution is -0.113. The Labute approximate surface area is 165 Å². The largest absolute Gasteiger partial charge is 0.325 e. The topological polar surface area (TPSA) is 65.8 Å². The predicted molar refractivity (Wildman–Crippen MR) is 110 cm³/mol. The molecule has 0 unspecified atom stereocenters. The zero-order chi connectivity index (χ0) is 19.2. The standard InChI is InChI=1S/C22H25N3OS/c1-15-8-7-9-16(2)21(15)25-20(26)14-27-22-18(13-23)12-17-10-5-3-4-6-11-19(17)24-22/h7-9,12H,3-6,10-11,14H2,1-2H3,(H,25,26). The van der Waals surface area contributed by atoms with E-state index >= 15 is 0 Å². The molecule has 1 aromatic heterocycles. The van der Waals surface area contributed by atoms with E-state index in [0.717, 1.165) is 48.2 Å². The van der Waals surface area contributed by atoms with Crippen molar-refractivity contribution >= 4 is 23.4 Å². The van der Waals surface area contributed by atoms with E-state index in [9.17, 15) is 10.1 Å². The lowest BCUT2D eigenvalue weighted by Crippen LogP contribution is -2.16. The van der Waals surface area contributed by atoms with Gasteiger partial charge in [-0.15, -0.1) is 0 Å². The number of rotatable bonds is 4. The SMILES string of the molecule is Cc1cccc(C)c1NC(=O)CSc1nc2c(cc1C#N)CCCCCC2. The van der Waals surface area contributed by atoms with Gasteiger partial charge in [0.1, 0.15) is 11.1 Å². The Bertz CT molecular complexity index is 866. The minimum absolute atomic E-state index is 0.0742. The van der Waals surface area contributed by atoms with Crippen molar-refractivity contribution in [3.8, 4) is 6.07 Å². The zero-order valence-corrected chi connectivity index (χ0v) is 16.8. The summed E-state index contributed by atoms with van der Waals surface area (Å²) in [6, 6.07) is 10.2. The highest BCUT2D eigenvalue weighted by atomic mass is 32.2. The van der Waals surface area contributed by atoms with E-state index in [1.807, 2.05) is 38.1 Å². The summed E-state index contributed by atoms with van der Waals surface area (Å²) in [6.45, 7) is 3.97. The highest BCUT2D eigenvalue weighted by molar-refractivity contribution is 8.00. The molecule has 0 bridgehead atoms. The van der Waals surface area contributed by atoms with Crippen LogP contribution in [0, 0.1) is 25.2 Å². The molecule has 5 heteroatoms. The molecule has 3 rings (SSSR count). The lowest BCUT2D eigenvalue weighted by Gasteiger charge is -2.15. The highest BCUT2D eigenvalue weighted by Crippen LogP contribution is 2.27. The average molecular weight is 380 g/mol. The first-order valence-corrected chi connectivity index (χ1v) is 10.5. The molecule has 0 aliphatic heterocycles. The number of nitrogens with one attached hydrogen (secondary N) is 1. The quantitative estimate of drug-likeness (QED) is 0.763. The number of aromatic nitrogens is 1. The number of anilines is 1. The number of carbonyl (C=O) groups is 1. The van der Waals surface area contributed by atoms with E-state index in [1.165, 1.54) is 30.2 Å². The van der Waals surface area contributed by atoms with Gasteiger partial charge in [-0.05, 0) is 62.3 Å². The van der Waals surface area contributed by atoms with Crippen LogP contribution in [0.5, 0.6) is 0 Å². The zero-order valence-electron chi connectivity index (χ0n) is 16.0. The number of hydrogen-bond acceptors (Lipinski definition) is 4. The lowest BCUT2D eigenvalue weighted by atomic mass is 9.96. The molecule has 140 valence electrons. The molecular weight excluding hydrogens is 354 g/mol. The number of amides is 1. The normalized spacial score (nSPS) is 13.8. The molecule has 1 N–H and O–H groups in total. The Kier molecular flexibility index (Phi) is 6.52. The minimum Gasteiger partial charge on any atom is -0.325 e. The summed E-state index contributed by atoms with van der Waals surface area (Å²) in [6.07, 6.45) is 6.74. The molecule has 1 amide bonds. The maximum absolute atomic E-state index is 12.4. The Morgan fingerprint density at radius 1 is 1.19 bits per heavy atom. The van der Waals surface area contributed by atoms with Crippen molar-refractivity contribution in [2.24, 2.45) is 0 Å². The Hall–Kier alpha value is -2.32. The third-order valence-electron chi connectivity index (χ3n) is 4.97. The van der Waals surface area contributed by atoms with E-state index in [2.05, 4.69) is 11.4 Å². The predicted octanol–water partition coefficient (Wildman–Crippen LogP) is 4.96. The van der Waals surface area contributed by atoms with Crippen molar-refractivity contribution < 1.29 is 4.79 Å². The molecule has 0 saturated heterocycles. The second kappa shape index (κ2) is 9.05. The average Bonchev–Trinajstić information content (AvgIpc) is 2.63. The fourth-order valence-electron chi connectivity index (χ4n) is 3.48. The van der Waals surface area contributed by atoms with Gasteiger partial charge in [0.25, 0.3) is 0 Å². The van der Waals surface area contributed by atoms with E-state index in [0.29, 0.717) is 10.6 Å². The molecule has 0 radical (unpaired) electrons. The molecular formula is C22H25N3OS. The molecule has 2 aromatic rings. The van der Waals surface area contributed by atoms with Gasteiger partial charge in [-0.3, -0.25) is 4.79 Å². The minimum atomic E-state index is -0.0742. The summed E-state index contributed by atoms with van der Waals surface area (Å²) in [5.74, 6) is 0.170. The first kappa shape index (κ1) is 19.4. The van der Waals surface area contributed by atoms with E-state index in [4.69, 9.17) is 4.98 Å². The number of thioether (sulfide) groups is 1. The van der Waals surface area contributed by atoms with Crippen LogP contribution >= 0.6 is 11.8 Å². The summed E-state index contributed by atoms with van der Waals surface area (Å²) in [7, 11) is 0. The summed E-state index contributed by atoms with van der Waals surface area (Å²) < 4.78 is 0. The molecule has 27 heavy (non-hydrogen) atoms. The van der Waals surface area contributed by atoms with Crippen molar-refractivity contribution in [1.29, 1.82) is 5.26 Å². The number of para-hydroxylation sites is 1. The van der Waals surface area contributed by atoms with Crippen LogP contribution in [-0.4, -0.2) is 16.6 Å². The van der Waals surface area contributed by atoms with Gasteiger partial charge in [0.15, 0.2) is 0 Å². The summed E-state index contributed by atoms with van der Waals surface area (Å²) in [5, 5.41) is 13.2. The molecule has 0 spiro atoms. The van der Waals surface area contributed by atoms with Crippen LogP contribution in [0.2, 0.25) is 0 Å². The first-order valence-electron chi connectivity index (χ1n) is 9.50. The summed E-state index contributed by atoms with van der Waals surface area (Å²) >= 11 is 1.35. The third-order valence-corrected chi connectivity index (χ3v) is 5.96. The van der Waals surface area contributed by atoms with Crippen molar-refractivity contribution in [2.75, 3.05) is 11.1 Å². The number of hydrogen-bond donors (Lipinski definition) is 1. The van der Waals surface area contributed by atoms with Crippen LogP contribution in [0.25, 0.3) is 0 Å². The maximum Gasteiger partial charge on any atom is 0.234 e. The molecule has 4 nitrogen and oxygen atoms in total. The second-order valence-corrected chi connectivity index (χ2v) is 8.04. The number of nitriles is 1. The Morgan fingerprint density at radius 2 is 1.89 bits per heavy atom. The van der Waals surface area contributed by atoms with E-state index in [-0.39, 0.29) is 11.7 Å². The molecule has 0 fully saturated rings. The molecule has 0 saturated carbocycles. The Balaban J connectivity index is 1.72. The number of aryl methyl sites for hydroxylation is 4. The summed E-state index contributed by atoms with van der Waals surface area (Å²) in [4.78, 5) is 17.2. The van der Waals surface area contributed by atoms with Crippen LogP contribution in [-0.2, 0) is 17.6 Å². The van der Waals surface area contributed by atoms with Gasteiger partial charge in [0.2, 0.25) is 5.91 Å². The number of carbonyl (C=O) groups excluding carboxylic acids is 1. The van der Waals surface area contributed by atoms with Crippen molar-refractivity contribution in [3.63, 3.8) is 0 Å². The fraction of sp³-hybridized carbons (Fsp3) is 0.409. The fourth-order valence-corrected chi connectivity index (χ4v) is 4.25. The smallest absolute Gasteiger partial charge is 0.234 e. The molecule has 1 aromatic carbocycles. The van der Waals surface area contributed by atoms with Gasteiger partial charge < -0.3 is 5.32 Å². The molecule has 1 aliphatic carbocycles. The van der Waals surface area contributed by atoms with E-state index in [1.54, 1.807) is 0 Å². The molecule has 0 atom stereocenters. The van der Waals surface area contributed by atoms with Gasteiger partial charge >= 0.3 is 0 Å². The van der Waals surface area contributed by atoms with Gasteiger partial charge in [0.05, 0.1) is 11.3 Å². The van der Waals surface area contributed by atoms with Gasteiger partial charge in [0, 0.05) is 11.4 Å². The van der Waals surface area contributed by atoms with Crippen LogP contribution in [0.4, 0.5) is 5.69 Å². The van der Waals surface area contributed by atoms with Crippen LogP contribution < -0.4 is 5.32 Å².